The van der Waals surface area contributed by atoms with Crippen molar-refractivity contribution < 1.29 is 4.74 Å². The van der Waals surface area contributed by atoms with Gasteiger partial charge in [-0.25, -0.2) is 0 Å². The number of aromatic amines is 1. The van der Waals surface area contributed by atoms with Gasteiger partial charge in [0.1, 0.15) is 11.9 Å². The number of hydrogen-bond donors (Lipinski definition) is 2. The molecule has 0 aliphatic carbocycles. The average Bonchev–Trinajstić information content (AvgIpc) is 2.29. The molecule has 2 heterocycles. The first kappa shape index (κ1) is 12.1. The van der Waals surface area contributed by atoms with Crippen molar-refractivity contribution >= 4 is 0 Å². The van der Waals surface area contributed by atoms with Gasteiger partial charge in [-0.15, -0.1) is 0 Å². The van der Waals surface area contributed by atoms with Gasteiger partial charge in [-0.1, -0.05) is 13.8 Å². The maximum atomic E-state index is 11.5. The second-order valence-electron chi connectivity index (χ2n) is 4.71. The van der Waals surface area contributed by atoms with Gasteiger partial charge in [0.15, 0.2) is 0 Å². The highest BCUT2D eigenvalue weighted by Gasteiger charge is 2.16. The van der Waals surface area contributed by atoms with Crippen LogP contribution in [-0.4, -0.2) is 29.2 Å². The molecule has 0 unspecified atom stereocenters. The quantitative estimate of drug-likeness (QED) is 0.823. The van der Waals surface area contributed by atoms with E-state index in [1.807, 2.05) is 13.8 Å². The molecule has 0 spiro atoms. The van der Waals surface area contributed by atoms with E-state index < -0.39 is 0 Å². The third kappa shape index (κ3) is 3.30. The summed E-state index contributed by atoms with van der Waals surface area (Å²) in [5.74, 6) is 1.30. The van der Waals surface area contributed by atoms with Crippen LogP contribution in [0.5, 0.6) is 5.88 Å². The lowest BCUT2D eigenvalue weighted by Crippen LogP contribution is -2.37. The summed E-state index contributed by atoms with van der Waals surface area (Å²) in [6, 6.07) is 1.42. The fourth-order valence-corrected chi connectivity index (χ4v) is 1.88. The van der Waals surface area contributed by atoms with Gasteiger partial charge in [0.2, 0.25) is 5.88 Å². The molecule has 1 atom stereocenters. The van der Waals surface area contributed by atoms with Crippen molar-refractivity contribution in [2.75, 3.05) is 13.1 Å². The summed E-state index contributed by atoms with van der Waals surface area (Å²) < 4.78 is 5.73. The van der Waals surface area contributed by atoms with Crippen LogP contribution in [0.4, 0.5) is 0 Å². The van der Waals surface area contributed by atoms with Crippen LogP contribution in [0.3, 0.4) is 0 Å². The van der Waals surface area contributed by atoms with Gasteiger partial charge >= 0.3 is 0 Å². The molecular weight excluding hydrogens is 218 g/mol. The Labute approximate surface area is 101 Å². The van der Waals surface area contributed by atoms with E-state index in [1.54, 1.807) is 0 Å². The van der Waals surface area contributed by atoms with Crippen LogP contribution >= 0.6 is 0 Å². The molecule has 0 bridgehead atoms. The number of hydrogen-bond acceptors (Lipinski definition) is 4. The molecule has 1 aliphatic rings. The first-order valence-corrected chi connectivity index (χ1v) is 6.14. The Balaban J connectivity index is 2.11. The van der Waals surface area contributed by atoms with E-state index in [4.69, 9.17) is 4.74 Å². The van der Waals surface area contributed by atoms with Gasteiger partial charge in [-0.3, -0.25) is 4.79 Å². The number of piperidine rings is 1. The molecule has 1 fully saturated rings. The molecule has 5 nitrogen and oxygen atoms in total. The van der Waals surface area contributed by atoms with Crippen LogP contribution in [0.25, 0.3) is 0 Å². The number of nitrogens with one attached hydrogen (secondary N) is 2. The Morgan fingerprint density at radius 1 is 1.53 bits per heavy atom. The molecule has 5 heteroatoms. The summed E-state index contributed by atoms with van der Waals surface area (Å²) >= 11 is 0. The van der Waals surface area contributed by atoms with E-state index in [0.717, 1.165) is 25.9 Å². The number of ether oxygens (including phenoxy) is 1. The maximum Gasteiger partial charge on any atom is 0.254 e. The van der Waals surface area contributed by atoms with Crippen molar-refractivity contribution in [3.05, 3.63) is 22.2 Å². The molecular formula is C12H19N3O2. The predicted molar refractivity (Wildman–Crippen MR) is 65.5 cm³/mol. The van der Waals surface area contributed by atoms with Crippen molar-refractivity contribution in [2.45, 2.75) is 38.7 Å². The van der Waals surface area contributed by atoms with Gasteiger partial charge in [-0.05, 0) is 19.4 Å². The van der Waals surface area contributed by atoms with Crippen LogP contribution < -0.4 is 15.6 Å². The summed E-state index contributed by atoms with van der Waals surface area (Å²) in [4.78, 5) is 18.5. The van der Waals surface area contributed by atoms with E-state index in [2.05, 4.69) is 15.3 Å². The highest BCUT2D eigenvalue weighted by molar-refractivity contribution is 5.11. The molecule has 0 aromatic carbocycles. The number of rotatable bonds is 3. The Morgan fingerprint density at radius 2 is 2.35 bits per heavy atom. The zero-order valence-electron chi connectivity index (χ0n) is 10.3. The molecule has 1 aromatic rings. The third-order valence-electron chi connectivity index (χ3n) is 2.82. The van der Waals surface area contributed by atoms with E-state index in [1.165, 1.54) is 6.07 Å². The number of H-pyrrole nitrogens is 1. The summed E-state index contributed by atoms with van der Waals surface area (Å²) in [5.41, 5.74) is -0.150. The third-order valence-corrected chi connectivity index (χ3v) is 2.82. The van der Waals surface area contributed by atoms with Gasteiger partial charge in [0.25, 0.3) is 5.56 Å². The van der Waals surface area contributed by atoms with E-state index >= 15 is 0 Å². The molecule has 1 aromatic heterocycles. The predicted octanol–water partition coefficient (Wildman–Crippen LogP) is 1.02. The van der Waals surface area contributed by atoms with Crippen LogP contribution in [0.2, 0.25) is 0 Å². The summed E-state index contributed by atoms with van der Waals surface area (Å²) in [7, 11) is 0. The summed E-state index contributed by atoms with van der Waals surface area (Å²) in [6.07, 6.45) is 2.24. The number of nitrogens with zero attached hydrogens (tertiary/aromatic N) is 1. The summed E-state index contributed by atoms with van der Waals surface area (Å²) in [6.45, 7) is 5.85. The largest absolute Gasteiger partial charge is 0.473 e. The Morgan fingerprint density at radius 3 is 3.00 bits per heavy atom. The fraction of sp³-hybridized carbons (Fsp3) is 0.667. The second kappa shape index (κ2) is 5.31. The van der Waals surface area contributed by atoms with Crippen LogP contribution in [-0.2, 0) is 0 Å². The minimum atomic E-state index is -0.150. The lowest BCUT2D eigenvalue weighted by Gasteiger charge is -2.23. The lowest BCUT2D eigenvalue weighted by molar-refractivity contribution is 0.159. The van der Waals surface area contributed by atoms with Crippen molar-refractivity contribution in [3.63, 3.8) is 0 Å². The van der Waals surface area contributed by atoms with E-state index in [-0.39, 0.29) is 17.6 Å². The first-order valence-electron chi connectivity index (χ1n) is 6.14. The average molecular weight is 237 g/mol. The Bertz CT molecular complexity index is 422. The maximum absolute atomic E-state index is 11.5. The Kier molecular flexibility index (Phi) is 3.78. The molecule has 1 saturated heterocycles. The van der Waals surface area contributed by atoms with Gasteiger partial charge < -0.3 is 15.0 Å². The minimum Gasteiger partial charge on any atom is -0.473 e. The highest BCUT2D eigenvalue weighted by Crippen LogP contribution is 2.14. The van der Waals surface area contributed by atoms with E-state index in [0.29, 0.717) is 11.7 Å². The minimum absolute atomic E-state index is 0.123. The molecule has 2 rings (SSSR count). The van der Waals surface area contributed by atoms with Crippen LogP contribution in [0.15, 0.2) is 10.9 Å². The molecule has 94 valence electrons. The summed E-state index contributed by atoms with van der Waals surface area (Å²) in [5, 5.41) is 3.27. The molecule has 17 heavy (non-hydrogen) atoms. The van der Waals surface area contributed by atoms with Crippen molar-refractivity contribution in [1.82, 2.24) is 15.3 Å². The Hall–Kier alpha value is -1.36. The normalized spacial score (nSPS) is 20.5. The van der Waals surface area contributed by atoms with Crippen molar-refractivity contribution in [1.29, 1.82) is 0 Å². The van der Waals surface area contributed by atoms with Gasteiger partial charge in [-0.2, -0.15) is 4.98 Å². The zero-order chi connectivity index (χ0) is 12.3. The van der Waals surface area contributed by atoms with Gasteiger partial charge in [0.05, 0.1) is 6.07 Å². The molecule has 0 saturated carbocycles. The highest BCUT2D eigenvalue weighted by atomic mass is 16.5. The first-order chi connectivity index (χ1) is 8.15. The monoisotopic (exact) mass is 237 g/mol. The topological polar surface area (TPSA) is 67.0 Å². The standard InChI is InChI=1S/C12H19N3O2/c1-8(2)12-14-10(16)6-11(15-12)17-9-4-3-5-13-7-9/h6,8-9,13H,3-5,7H2,1-2H3,(H,14,15,16)/t9-/m0/s1. The van der Waals surface area contributed by atoms with E-state index in [9.17, 15) is 4.79 Å². The van der Waals surface area contributed by atoms with Gasteiger partial charge in [0, 0.05) is 12.5 Å². The lowest BCUT2D eigenvalue weighted by atomic mass is 10.1. The molecule has 0 radical (unpaired) electrons. The van der Waals surface area contributed by atoms with Crippen LogP contribution in [0, 0.1) is 0 Å². The zero-order valence-corrected chi connectivity index (χ0v) is 10.3. The SMILES string of the molecule is CC(C)c1nc(O[C@H]2CCCNC2)cc(=O)[nH]1. The fourth-order valence-electron chi connectivity index (χ4n) is 1.88. The number of aromatic nitrogens is 2. The molecule has 0 amide bonds. The molecule has 2 N–H and O–H groups in total. The van der Waals surface area contributed by atoms with Crippen molar-refractivity contribution in [3.8, 4) is 5.88 Å². The van der Waals surface area contributed by atoms with Crippen molar-refractivity contribution in [2.24, 2.45) is 0 Å². The molecule has 1 aliphatic heterocycles. The smallest absolute Gasteiger partial charge is 0.254 e. The second-order valence-corrected chi connectivity index (χ2v) is 4.71. The van der Waals surface area contributed by atoms with Crippen LogP contribution in [0.1, 0.15) is 38.4 Å².